The molecule has 3 saturated heterocycles. The quantitative estimate of drug-likeness (QED) is 0.734. The maximum Gasteiger partial charge on any atom is 0.407 e. The van der Waals surface area contributed by atoms with E-state index in [0.29, 0.717) is 29.4 Å². The van der Waals surface area contributed by atoms with Crippen LogP contribution >= 0.6 is 0 Å². The summed E-state index contributed by atoms with van der Waals surface area (Å²) in [6, 6.07) is 8.30. The molecule has 2 aromatic carbocycles. The standard InChI is InChI=1S/C25H28F2N2O3/c1-25(2)14-31-21-12-18(16-4-3-5-17(26)10-16)20(27)11-19(21)23(25)28-24(30)32-22-13-29-8-6-15(22)7-9-29/h3-5,10-12,15,22-23H,6-9,13-14H2,1-2H3,(H,28,30). The van der Waals surface area contributed by atoms with Crippen LogP contribution < -0.4 is 10.1 Å². The van der Waals surface area contributed by atoms with E-state index in [9.17, 15) is 9.18 Å². The number of nitrogens with zero attached hydrogens (tertiary/aromatic N) is 1. The fourth-order valence-electron chi connectivity index (χ4n) is 5.17. The number of hydrogen-bond donors (Lipinski definition) is 1. The summed E-state index contributed by atoms with van der Waals surface area (Å²) in [5.41, 5.74) is 0.791. The molecular formula is C25H28F2N2O3. The van der Waals surface area contributed by atoms with Crippen molar-refractivity contribution in [3.8, 4) is 16.9 Å². The molecule has 2 unspecified atom stereocenters. The third kappa shape index (κ3) is 3.94. The Morgan fingerprint density at radius 3 is 2.66 bits per heavy atom. The molecule has 32 heavy (non-hydrogen) atoms. The third-order valence-corrected chi connectivity index (χ3v) is 7.04. The summed E-state index contributed by atoms with van der Waals surface area (Å²) < 4.78 is 40.5. The second-order valence-electron chi connectivity index (χ2n) is 9.82. The summed E-state index contributed by atoms with van der Waals surface area (Å²) in [7, 11) is 0. The van der Waals surface area contributed by atoms with Gasteiger partial charge in [0, 0.05) is 23.1 Å². The number of benzene rings is 2. The second-order valence-corrected chi connectivity index (χ2v) is 9.82. The number of ether oxygens (including phenoxy) is 2. The largest absolute Gasteiger partial charge is 0.493 e. The molecule has 0 aliphatic carbocycles. The van der Waals surface area contributed by atoms with Crippen molar-refractivity contribution < 1.29 is 23.0 Å². The van der Waals surface area contributed by atoms with Gasteiger partial charge in [-0.2, -0.15) is 0 Å². The highest BCUT2D eigenvalue weighted by Crippen LogP contribution is 2.45. The van der Waals surface area contributed by atoms with Gasteiger partial charge in [-0.15, -0.1) is 0 Å². The Balaban J connectivity index is 1.39. The molecule has 3 fully saturated rings. The van der Waals surface area contributed by atoms with Crippen LogP contribution in [0.1, 0.15) is 38.3 Å². The third-order valence-electron chi connectivity index (χ3n) is 7.04. The lowest BCUT2D eigenvalue weighted by molar-refractivity contribution is -0.0361. The maximum absolute atomic E-state index is 15.1. The maximum atomic E-state index is 15.1. The minimum absolute atomic E-state index is 0.105. The molecule has 7 heteroatoms. The minimum Gasteiger partial charge on any atom is -0.493 e. The number of carbonyl (C=O) groups excluding carboxylic acids is 1. The molecule has 2 atom stereocenters. The molecule has 0 spiro atoms. The van der Waals surface area contributed by atoms with Gasteiger partial charge < -0.3 is 14.8 Å². The zero-order valence-electron chi connectivity index (χ0n) is 18.4. The molecule has 5 nitrogen and oxygen atoms in total. The van der Waals surface area contributed by atoms with Gasteiger partial charge in [0.25, 0.3) is 0 Å². The van der Waals surface area contributed by atoms with Crippen LogP contribution in [0, 0.1) is 23.0 Å². The molecule has 0 saturated carbocycles. The lowest BCUT2D eigenvalue weighted by Gasteiger charge is -2.44. The molecule has 2 aromatic rings. The molecule has 2 bridgehead atoms. The molecular weight excluding hydrogens is 414 g/mol. The van der Waals surface area contributed by atoms with Gasteiger partial charge in [0.2, 0.25) is 0 Å². The van der Waals surface area contributed by atoms with Crippen LogP contribution in [0.15, 0.2) is 36.4 Å². The summed E-state index contributed by atoms with van der Waals surface area (Å²) in [6.07, 6.45) is 1.52. The highest BCUT2D eigenvalue weighted by Gasteiger charge is 2.41. The number of fused-ring (bicyclic) bond motifs is 4. The molecule has 4 aliphatic heterocycles. The lowest BCUT2D eigenvalue weighted by atomic mass is 9.78. The summed E-state index contributed by atoms with van der Waals surface area (Å²) >= 11 is 0. The first-order chi connectivity index (χ1) is 15.3. The number of nitrogens with one attached hydrogen (secondary N) is 1. The number of alkyl carbamates (subject to hydrolysis) is 1. The van der Waals surface area contributed by atoms with Crippen LogP contribution in [0.5, 0.6) is 5.75 Å². The van der Waals surface area contributed by atoms with Gasteiger partial charge in [0.15, 0.2) is 0 Å². The monoisotopic (exact) mass is 442 g/mol. The van der Waals surface area contributed by atoms with Crippen LogP contribution in [-0.4, -0.2) is 43.3 Å². The van der Waals surface area contributed by atoms with Crippen molar-refractivity contribution in [1.29, 1.82) is 0 Å². The van der Waals surface area contributed by atoms with E-state index in [0.717, 1.165) is 32.5 Å². The van der Waals surface area contributed by atoms with Gasteiger partial charge in [-0.05, 0) is 61.7 Å². The van der Waals surface area contributed by atoms with E-state index < -0.39 is 29.2 Å². The summed E-state index contributed by atoms with van der Waals surface area (Å²) in [5, 5.41) is 2.98. The Kier molecular flexibility index (Phi) is 5.32. The molecule has 170 valence electrons. The van der Waals surface area contributed by atoms with E-state index in [4.69, 9.17) is 9.47 Å². The topological polar surface area (TPSA) is 50.8 Å². The van der Waals surface area contributed by atoms with E-state index in [1.165, 1.54) is 18.2 Å². The number of rotatable bonds is 3. The number of hydrogen-bond acceptors (Lipinski definition) is 4. The first kappa shape index (κ1) is 21.2. The van der Waals surface area contributed by atoms with Crippen LogP contribution in [0.3, 0.4) is 0 Å². The van der Waals surface area contributed by atoms with Crippen molar-refractivity contribution in [1.82, 2.24) is 10.2 Å². The number of amides is 1. The second kappa shape index (κ2) is 8.03. The SMILES string of the molecule is CC1(C)COc2cc(-c3cccc(F)c3)c(F)cc2C1NC(=O)OC1CN2CCC1CC2. The molecule has 0 aromatic heterocycles. The highest BCUT2D eigenvalue weighted by molar-refractivity contribution is 5.70. The Morgan fingerprint density at radius 2 is 1.97 bits per heavy atom. The van der Waals surface area contributed by atoms with E-state index >= 15 is 4.39 Å². The van der Waals surface area contributed by atoms with Gasteiger partial charge in [-0.3, -0.25) is 4.90 Å². The number of halogens is 2. The van der Waals surface area contributed by atoms with E-state index in [2.05, 4.69) is 10.2 Å². The van der Waals surface area contributed by atoms with E-state index in [1.807, 2.05) is 13.8 Å². The minimum atomic E-state index is -0.492. The van der Waals surface area contributed by atoms with E-state index in [-0.39, 0.29) is 11.7 Å². The van der Waals surface area contributed by atoms with Crippen LogP contribution in [0.25, 0.3) is 11.1 Å². The zero-order chi connectivity index (χ0) is 22.5. The first-order valence-corrected chi connectivity index (χ1v) is 11.2. The Hall–Kier alpha value is -2.67. The van der Waals surface area contributed by atoms with Gasteiger partial charge in [0.05, 0.1) is 12.6 Å². The average Bonchev–Trinajstić information content (AvgIpc) is 2.76. The Labute approximate surface area is 186 Å². The average molecular weight is 443 g/mol. The molecule has 4 heterocycles. The number of carbonyl (C=O) groups is 1. The van der Waals surface area contributed by atoms with Crippen LogP contribution in [0.4, 0.5) is 13.6 Å². The first-order valence-electron chi connectivity index (χ1n) is 11.2. The van der Waals surface area contributed by atoms with Crippen molar-refractivity contribution >= 4 is 6.09 Å². The van der Waals surface area contributed by atoms with Gasteiger partial charge in [-0.25, -0.2) is 13.6 Å². The van der Waals surface area contributed by atoms with Crippen molar-refractivity contribution in [3.05, 3.63) is 53.6 Å². The fraction of sp³-hybridized carbons (Fsp3) is 0.480. The fourth-order valence-corrected chi connectivity index (χ4v) is 5.17. The molecule has 6 rings (SSSR count). The van der Waals surface area contributed by atoms with Gasteiger partial charge in [-0.1, -0.05) is 26.0 Å². The Bertz CT molecular complexity index is 1030. The highest BCUT2D eigenvalue weighted by atomic mass is 19.1. The predicted octanol–water partition coefficient (Wildman–Crippen LogP) is 4.91. The molecule has 1 amide bonds. The molecule has 4 aliphatic rings. The normalized spacial score (nSPS) is 27.9. The van der Waals surface area contributed by atoms with Gasteiger partial charge >= 0.3 is 6.09 Å². The van der Waals surface area contributed by atoms with Crippen molar-refractivity contribution in [2.75, 3.05) is 26.2 Å². The lowest BCUT2D eigenvalue weighted by Crippen LogP contribution is -2.53. The smallest absolute Gasteiger partial charge is 0.407 e. The molecule has 1 N–H and O–H groups in total. The zero-order valence-corrected chi connectivity index (χ0v) is 18.4. The van der Waals surface area contributed by atoms with Crippen molar-refractivity contribution in [2.24, 2.45) is 11.3 Å². The van der Waals surface area contributed by atoms with Crippen LogP contribution in [-0.2, 0) is 4.74 Å². The van der Waals surface area contributed by atoms with Crippen LogP contribution in [0.2, 0.25) is 0 Å². The van der Waals surface area contributed by atoms with Gasteiger partial charge in [0.1, 0.15) is 23.5 Å². The Morgan fingerprint density at radius 1 is 1.19 bits per heavy atom. The summed E-state index contributed by atoms with van der Waals surface area (Å²) in [4.78, 5) is 15.2. The van der Waals surface area contributed by atoms with Crippen molar-refractivity contribution in [2.45, 2.75) is 38.8 Å². The number of piperidine rings is 3. The summed E-state index contributed by atoms with van der Waals surface area (Å²) in [6.45, 7) is 7.19. The predicted molar refractivity (Wildman–Crippen MR) is 116 cm³/mol. The summed E-state index contributed by atoms with van der Waals surface area (Å²) in [5.74, 6) is -0.0324. The van der Waals surface area contributed by atoms with Crippen molar-refractivity contribution in [3.63, 3.8) is 0 Å². The van der Waals surface area contributed by atoms with E-state index in [1.54, 1.807) is 18.2 Å². The molecule has 0 radical (unpaired) electrons.